The molecule has 7 nitrogen and oxygen atoms in total. The number of aromatic nitrogens is 2. The molecule has 0 amide bonds. The van der Waals surface area contributed by atoms with E-state index in [0.717, 1.165) is 11.1 Å². The summed E-state index contributed by atoms with van der Waals surface area (Å²) in [6.07, 6.45) is 4.60. The largest absolute Gasteiger partial charge is 0.478 e. The van der Waals surface area contributed by atoms with Crippen LogP contribution < -0.4 is 4.72 Å². The third kappa shape index (κ3) is 4.62. The molecule has 0 bridgehead atoms. The minimum Gasteiger partial charge on any atom is -0.478 e. The summed E-state index contributed by atoms with van der Waals surface area (Å²) in [5.74, 6) is -1.10. The Morgan fingerprint density at radius 3 is 2.17 bits per heavy atom. The molecule has 2 heterocycles. The van der Waals surface area contributed by atoms with E-state index in [0.29, 0.717) is 22.2 Å². The van der Waals surface area contributed by atoms with Crippen LogP contribution in [0.2, 0.25) is 0 Å². The van der Waals surface area contributed by atoms with Crippen molar-refractivity contribution < 1.29 is 18.3 Å². The molecule has 0 atom stereocenters. The van der Waals surface area contributed by atoms with Gasteiger partial charge in [0.15, 0.2) is 0 Å². The number of aliphatic carboxylic acids is 1. The Labute approximate surface area is 207 Å². The normalized spacial score (nSPS) is 11.9. The van der Waals surface area contributed by atoms with Crippen LogP contribution in [0.4, 0.5) is 5.69 Å². The van der Waals surface area contributed by atoms with Gasteiger partial charge < -0.3 is 10.1 Å². The van der Waals surface area contributed by atoms with Gasteiger partial charge in [-0.05, 0) is 41.0 Å². The van der Waals surface area contributed by atoms with Crippen LogP contribution in [0.5, 0.6) is 0 Å². The lowest BCUT2D eigenvalue weighted by atomic mass is 10.0. The Morgan fingerprint density at radius 1 is 0.861 bits per heavy atom. The van der Waals surface area contributed by atoms with Crippen molar-refractivity contribution in [3.8, 4) is 11.1 Å². The fourth-order valence-electron chi connectivity index (χ4n) is 3.98. The van der Waals surface area contributed by atoms with Crippen molar-refractivity contribution in [2.45, 2.75) is 4.90 Å². The van der Waals surface area contributed by atoms with E-state index in [1.54, 1.807) is 66.9 Å². The Kier molecular flexibility index (Phi) is 6.10. The number of carbonyl (C=O) groups is 1. The van der Waals surface area contributed by atoms with Crippen LogP contribution >= 0.6 is 0 Å². The Hall–Kier alpha value is -4.69. The molecule has 8 heteroatoms. The van der Waals surface area contributed by atoms with Crippen LogP contribution in [0, 0.1) is 0 Å². The van der Waals surface area contributed by atoms with E-state index < -0.39 is 16.0 Å². The summed E-state index contributed by atoms with van der Waals surface area (Å²) in [5, 5.41) is 10.3. The lowest BCUT2D eigenvalue weighted by molar-refractivity contribution is -0.130. The Morgan fingerprint density at radius 2 is 1.50 bits per heavy atom. The third-order valence-corrected chi connectivity index (χ3v) is 7.12. The summed E-state index contributed by atoms with van der Waals surface area (Å²) in [7, 11) is -3.92. The number of pyridine rings is 1. The van der Waals surface area contributed by atoms with Crippen LogP contribution in [-0.4, -0.2) is 29.5 Å². The topological polar surface area (TPSA) is 112 Å². The van der Waals surface area contributed by atoms with E-state index in [4.69, 9.17) is 0 Å². The second-order valence-electron chi connectivity index (χ2n) is 8.05. The van der Waals surface area contributed by atoms with Gasteiger partial charge in [0.1, 0.15) is 5.65 Å². The zero-order chi connectivity index (χ0) is 25.1. The smallest absolute Gasteiger partial charge is 0.336 e. The van der Waals surface area contributed by atoms with Crippen molar-refractivity contribution in [2.75, 3.05) is 4.72 Å². The van der Waals surface area contributed by atoms with Crippen molar-refractivity contribution in [3.05, 3.63) is 115 Å². The number of aromatic amines is 1. The monoisotopic (exact) mass is 495 g/mol. The maximum atomic E-state index is 13.2. The fourth-order valence-corrected chi connectivity index (χ4v) is 5.06. The van der Waals surface area contributed by atoms with Crippen LogP contribution in [0.25, 0.3) is 33.8 Å². The first-order chi connectivity index (χ1) is 17.4. The molecule has 0 spiro atoms. The van der Waals surface area contributed by atoms with Crippen molar-refractivity contribution in [1.29, 1.82) is 0 Å². The summed E-state index contributed by atoms with van der Waals surface area (Å²) >= 11 is 0. The maximum Gasteiger partial charge on any atom is 0.336 e. The van der Waals surface area contributed by atoms with Gasteiger partial charge in [-0.3, -0.25) is 4.72 Å². The van der Waals surface area contributed by atoms with Gasteiger partial charge in [-0.15, -0.1) is 0 Å². The number of nitrogens with one attached hydrogen (secondary N) is 2. The molecular weight excluding hydrogens is 474 g/mol. The highest BCUT2D eigenvalue weighted by atomic mass is 32.2. The number of carboxylic acid groups (broad SMARTS) is 1. The van der Waals surface area contributed by atoms with Crippen LogP contribution in [0.1, 0.15) is 11.1 Å². The predicted molar refractivity (Wildman–Crippen MR) is 141 cm³/mol. The van der Waals surface area contributed by atoms with Crippen LogP contribution in [0.3, 0.4) is 0 Å². The number of fused-ring (bicyclic) bond motifs is 1. The molecule has 3 N–H and O–H groups in total. The standard InChI is InChI=1S/C28H21N3O4S/c32-28(33)24(21-9-5-2-6-10-21)17-22-18-30-27-26(22)25(15-16-29-27)31-36(34,35)23-13-11-20(12-14-23)19-7-3-1-4-8-19/h1-18H,(H,32,33)(H2,29,30,31)/b24-17+. The predicted octanol–water partition coefficient (Wildman–Crippen LogP) is 5.66. The summed E-state index contributed by atoms with van der Waals surface area (Å²) in [6.45, 7) is 0. The first-order valence-electron chi connectivity index (χ1n) is 11.1. The van der Waals surface area contributed by atoms with E-state index in [-0.39, 0.29) is 16.2 Å². The Balaban J connectivity index is 1.52. The molecule has 5 aromatic rings. The first kappa shape index (κ1) is 23.1. The van der Waals surface area contributed by atoms with Gasteiger partial charge in [0.05, 0.1) is 21.5 Å². The van der Waals surface area contributed by atoms with E-state index in [2.05, 4.69) is 14.7 Å². The van der Waals surface area contributed by atoms with Crippen molar-refractivity contribution in [2.24, 2.45) is 0 Å². The number of benzene rings is 3. The highest BCUT2D eigenvalue weighted by Gasteiger charge is 2.19. The average molecular weight is 496 g/mol. The Bertz CT molecular complexity index is 1680. The number of carboxylic acids is 1. The molecule has 2 aromatic heterocycles. The SMILES string of the molecule is O=C(O)/C(=C/c1c[nH]c2nccc(NS(=O)(=O)c3ccc(-c4ccccc4)cc3)c12)c1ccccc1. The minimum atomic E-state index is -3.92. The molecule has 0 aliphatic rings. The summed E-state index contributed by atoms with van der Waals surface area (Å²) in [6, 6.07) is 26.6. The van der Waals surface area contributed by atoms with Gasteiger partial charge in [0.25, 0.3) is 10.0 Å². The quantitative estimate of drug-likeness (QED) is 0.252. The van der Waals surface area contributed by atoms with E-state index in [1.165, 1.54) is 12.3 Å². The summed E-state index contributed by atoms with van der Waals surface area (Å²) in [5.41, 5.74) is 3.71. The lowest BCUT2D eigenvalue weighted by Gasteiger charge is -2.11. The summed E-state index contributed by atoms with van der Waals surface area (Å²) in [4.78, 5) is 19.4. The van der Waals surface area contributed by atoms with Crippen LogP contribution in [-0.2, 0) is 14.8 Å². The molecule has 3 aromatic carbocycles. The van der Waals surface area contributed by atoms with E-state index >= 15 is 0 Å². The van der Waals surface area contributed by atoms with Gasteiger partial charge >= 0.3 is 5.97 Å². The van der Waals surface area contributed by atoms with Gasteiger partial charge in [-0.25, -0.2) is 18.2 Å². The van der Waals surface area contributed by atoms with Crippen molar-refractivity contribution in [3.63, 3.8) is 0 Å². The zero-order valence-corrected chi connectivity index (χ0v) is 19.7. The molecule has 36 heavy (non-hydrogen) atoms. The number of hydrogen-bond acceptors (Lipinski definition) is 4. The molecule has 0 saturated carbocycles. The highest BCUT2D eigenvalue weighted by molar-refractivity contribution is 7.92. The molecule has 0 unspecified atom stereocenters. The average Bonchev–Trinajstić information content (AvgIpc) is 3.32. The van der Waals surface area contributed by atoms with Gasteiger partial charge in [-0.2, -0.15) is 0 Å². The van der Waals surface area contributed by atoms with Gasteiger partial charge in [-0.1, -0.05) is 72.8 Å². The van der Waals surface area contributed by atoms with Crippen molar-refractivity contribution >= 4 is 44.4 Å². The number of H-pyrrole nitrogens is 1. The second-order valence-corrected chi connectivity index (χ2v) is 9.73. The van der Waals surface area contributed by atoms with E-state index in [9.17, 15) is 18.3 Å². The molecular formula is C28H21N3O4S. The minimum absolute atomic E-state index is 0.0747. The highest BCUT2D eigenvalue weighted by Crippen LogP contribution is 2.31. The molecule has 0 aliphatic carbocycles. The summed E-state index contributed by atoms with van der Waals surface area (Å²) < 4.78 is 29.1. The van der Waals surface area contributed by atoms with Crippen LogP contribution in [0.15, 0.2) is 108 Å². The fraction of sp³-hybridized carbons (Fsp3) is 0. The van der Waals surface area contributed by atoms with Gasteiger partial charge in [0, 0.05) is 18.0 Å². The molecule has 0 radical (unpaired) electrons. The number of anilines is 1. The molecule has 178 valence electrons. The molecule has 0 aliphatic heterocycles. The van der Waals surface area contributed by atoms with Crippen molar-refractivity contribution in [1.82, 2.24) is 9.97 Å². The number of hydrogen-bond donors (Lipinski definition) is 3. The van der Waals surface area contributed by atoms with E-state index in [1.807, 2.05) is 30.3 Å². The molecule has 5 rings (SSSR count). The number of sulfonamides is 1. The number of nitrogens with zero attached hydrogens (tertiary/aromatic N) is 1. The second kappa shape index (κ2) is 9.52. The molecule has 0 saturated heterocycles. The number of rotatable bonds is 7. The third-order valence-electron chi connectivity index (χ3n) is 5.74. The lowest BCUT2D eigenvalue weighted by Crippen LogP contribution is -2.13. The zero-order valence-electron chi connectivity index (χ0n) is 18.9. The maximum absolute atomic E-state index is 13.2. The molecule has 0 fully saturated rings. The first-order valence-corrected chi connectivity index (χ1v) is 12.6. The van der Waals surface area contributed by atoms with Gasteiger partial charge in [0.2, 0.25) is 0 Å².